The summed E-state index contributed by atoms with van der Waals surface area (Å²) in [5, 5.41) is 2.57. The second kappa shape index (κ2) is 7.90. The van der Waals surface area contributed by atoms with Gasteiger partial charge >= 0.3 is 0 Å². The van der Waals surface area contributed by atoms with Crippen molar-refractivity contribution in [3.63, 3.8) is 0 Å². The molecule has 0 fully saturated rings. The van der Waals surface area contributed by atoms with Gasteiger partial charge in [-0.1, -0.05) is 24.3 Å². The lowest BCUT2D eigenvalue weighted by Gasteiger charge is -2.18. The minimum atomic E-state index is -3.34. The van der Waals surface area contributed by atoms with E-state index in [2.05, 4.69) is 11.9 Å². The number of carbonyl (C=O) groups excluding carboxylic acids is 1. The summed E-state index contributed by atoms with van der Waals surface area (Å²) >= 11 is 0. The standard InChI is InChI=1S/C14H19FN2O3S/c1-3-9-17(21(2,19)20)10-8-16-14(18)11-12-6-4-5-7-13(12)15/h3-7H,1,8-11H2,2H3,(H,16,18). The Hall–Kier alpha value is -1.73. The molecule has 0 aliphatic rings. The number of rotatable bonds is 8. The molecule has 0 bridgehead atoms. The lowest BCUT2D eigenvalue weighted by molar-refractivity contribution is -0.120. The Labute approximate surface area is 124 Å². The zero-order valence-electron chi connectivity index (χ0n) is 11.9. The van der Waals surface area contributed by atoms with Crippen LogP contribution in [0.25, 0.3) is 0 Å². The number of halogens is 1. The van der Waals surface area contributed by atoms with Crippen molar-refractivity contribution in [2.24, 2.45) is 0 Å². The molecule has 0 atom stereocenters. The van der Waals surface area contributed by atoms with Crippen LogP contribution >= 0.6 is 0 Å². The molecule has 116 valence electrons. The second-order valence-corrected chi connectivity index (χ2v) is 6.51. The van der Waals surface area contributed by atoms with Gasteiger partial charge in [-0.2, -0.15) is 4.31 Å². The van der Waals surface area contributed by atoms with Crippen LogP contribution in [0.5, 0.6) is 0 Å². The monoisotopic (exact) mass is 314 g/mol. The highest BCUT2D eigenvalue weighted by Crippen LogP contribution is 2.06. The molecule has 1 amide bonds. The molecule has 0 aromatic heterocycles. The summed E-state index contributed by atoms with van der Waals surface area (Å²) < 4.78 is 37.5. The van der Waals surface area contributed by atoms with Gasteiger partial charge in [-0.05, 0) is 11.6 Å². The van der Waals surface area contributed by atoms with E-state index in [9.17, 15) is 17.6 Å². The van der Waals surface area contributed by atoms with Crippen molar-refractivity contribution in [2.45, 2.75) is 6.42 Å². The Kier molecular flexibility index (Phi) is 6.51. The Morgan fingerprint density at radius 3 is 2.67 bits per heavy atom. The highest BCUT2D eigenvalue weighted by molar-refractivity contribution is 7.88. The van der Waals surface area contributed by atoms with Crippen LogP contribution in [0.15, 0.2) is 36.9 Å². The summed E-state index contributed by atoms with van der Waals surface area (Å²) in [4.78, 5) is 11.7. The number of hydrogen-bond donors (Lipinski definition) is 1. The number of amides is 1. The van der Waals surface area contributed by atoms with Crippen LogP contribution in [-0.4, -0.2) is 44.5 Å². The van der Waals surface area contributed by atoms with E-state index in [4.69, 9.17) is 0 Å². The quantitative estimate of drug-likeness (QED) is 0.726. The van der Waals surface area contributed by atoms with Gasteiger partial charge in [0.2, 0.25) is 15.9 Å². The van der Waals surface area contributed by atoms with E-state index < -0.39 is 15.8 Å². The Balaban J connectivity index is 2.46. The molecular weight excluding hydrogens is 295 g/mol. The van der Waals surface area contributed by atoms with Crippen LogP contribution in [0, 0.1) is 5.82 Å². The highest BCUT2D eigenvalue weighted by Gasteiger charge is 2.15. The molecule has 0 spiro atoms. The minimum absolute atomic E-state index is 0.0764. The molecule has 0 radical (unpaired) electrons. The molecule has 7 heteroatoms. The summed E-state index contributed by atoms with van der Waals surface area (Å²) in [6, 6.07) is 6.03. The van der Waals surface area contributed by atoms with E-state index >= 15 is 0 Å². The van der Waals surface area contributed by atoms with Crippen molar-refractivity contribution in [3.8, 4) is 0 Å². The summed E-state index contributed by atoms with van der Waals surface area (Å²) in [6.45, 7) is 3.98. The van der Waals surface area contributed by atoms with Gasteiger partial charge < -0.3 is 5.32 Å². The van der Waals surface area contributed by atoms with E-state index in [0.717, 1.165) is 6.26 Å². The van der Waals surface area contributed by atoms with Gasteiger partial charge in [-0.3, -0.25) is 4.79 Å². The molecular formula is C14H19FN2O3S. The first-order chi connectivity index (χ1) is 9.84. The fourth-order valence-corrected chi connectivity index (χ4v) is 2.53. The van der Waals surface area contributed by atoms with Gasteiger partial charge in [0.05, 0.1) is 12.7 Å². The van der Waals surface area contributed by atoms with Crippen molar-refractivity contribution in [2.75, 3.05) is 25.9 Å². The van der Waals surface area contributed by atoms with Crippen LogP contribution < -0.4 is 5.32 Å². The van der Waals surface area contributed by atoms with E-state index in [0.29, 0.717) is 5.56 Å². The molecule has 0 aliphatic carbocycles. The van der Waals surface area contributed by atoms with E-state index in [-0.39, 0.29) is 32.0 Å². The number of hydrogen-bond acceptors (Lipinski definition) is 3. The highest BCUT2D eigenvalue weighted by atomic mass is 32.2. The number of nitrogens with one attached hydrogen (secondary N) is 1. The number of nitrogens with zero attached hydrogens (tertiary/aromatic N) is 1. The lowest BCUT2D eigenvalue weighted by Crippen LogP contribution is -2.38. The maximum absolute atomic E-state index is 13.4. The van der Waals surface area contributed by atoms with Gasteiger partial charge in [0.1, 0.15) is 5.82 Å². The molecule has 0 heterocycles. The van der Waals surface area contributed by atoms with Crippen molar-refractivity contribution in [1.82, 2.24) is 9.62 Å². The predicted molar refractivity (Wildman–Crippen MR) is 79.7 cm³/mol. The fraction of sp³-hybridized carbons (Fsp3) is 0.357. The third-order valence-corrected chi connectivity index (χ3v) is 4.06. The number of benzene rings is 1. The van der Waals surface area contributed by atoms with Crippen molar-refractivity contribution in [3.05, 3.63) is 48.3 Å². The molecule has 1 rings (SSSR count). The average molecular weight is 314 g/mol. The Morgan fingerprint density at radius 1 is 1.43 bits per heavy atom. The van der Waals surface area contributed by atoms with Crippen LogP contribution in [0.3, 0.4) is 0 Å². The largest absolute Gasteiger partial charge is 0.354 e. The molecule has 1 N–H and O–H groups in total. The summed E-state index contributed by atoms with van der Waals surface area (Å²) in [5.41, 5.74) is 0.307. The number of carbonyl (C=O) groups is 1. The Morgan fingerprint density at radius 2 is 2.10 bits per heavy atom. The lowest BCUT2D eigenvalue weighted by atomic mass is 10.1. The zero-order chi connectivity index (χ0) is 15.9. The topological polar surface area (TPSA) is 66.5 Å². The second-order valence-electron chi connectivity index (χ2n) is 4.53. The predicted octanol–water partition coefficient (Wildman–Crippen LogP) is 0.932. The average Bonchev–Trinajstić information content (AvgIpc) is 2.39. The first kappa shape index (κ1) is 17.3. The molecule has 1 aromatic carbocycles. The molecule has 5 nitrogen and oxygen atoms in total. The molecule has 0 unspecified atom stereocenters. The first-order valence-corrected chi connectivity index (χ1v) is 8.25. The molecule has 1 aromatic rings. The summed E-state index contributed by atoms with van der Waals surface area (Å²) in [7, 11) is -3.34. The van der Waals surface area contributed by atoms with Gasteiger partial charge in [0, 0.05) is 19.6 Å². The number of sulfonamides is 1. The van der Waals surface area contributed by atoms with Crippen LogP contribution in [0.1, 0.15) is 5.56 Å². The van der Waals surface area contributed by atoms with Crippen LogP contribution in [0.4, 0.5) is 4.39 Å². The third kappa shape index (κ3) is 6.05. The van der Waals surface area contributed by atoms with Crippen LogP contribution in [0.2, 0.25) is 0 Å². The smallest absolute Gasteiger partial charge is 0.224 e. The molecule has 0 saturated heterocycles. The molecule has 21 heavy (non-hydrogen) atoms. The summed E-state index contributed by atoms with van der Waals surface area (Å²) in [5.74, 6) is -0.788. The third-order valence-electron chi connectivity index (χ3n) is 2.79. The molecule has 0 aliphatic heterocycles. The summed E-state index contributed by atoms with van der Waals surface area (Å²) in [6.07, 6.45) is 2.49. The first-order valence-electron chi connectivity index (χ1n) is 6.40. The van der Waals surface area contributed by atoms with Gasteiger partial charge in [-0.25, -0.2) is 12.8 Å². The van der Waals surface area contributed by atoms with Gasteiger partial charge in [-0.15, -0.1) is 6.58 Å². The van der Waals surface area contributed by atoms with Crippen molar-refractivity contribution >= 4 is 15.9 Å². The SMILES string of the molecule is C=CCN(CCNC(=O)Cc1ccccc1F)S(C)(=O)=O. The fourth-order valence-electron chi connectivity index (χ4n) is 1.73. The van der Waals surface area contributed by atoms with Gasteiger partial charge in [0.25, 0.3) is 0 Å². The maximum Gasteiger partial charge on any atom is 0.224 e. The normalized spacial score (nSPS) is 11.4. The van der Waals surface area contributed by atoms with E-state index in [1.807, 2.05) is 0 Å². The Bertz CT molecular complexity index is 602. The van der Waals surface area contributed by atoms with Crippen molar-refractivity contribution < 1.29 is 17.6 Å². The molecule has 0 saturated carbocycles. The minimum Gasteiger partial charge on any atom is -0.354 e. The van der Waals surface area contributed by atoms with Crippen LogP contribution in [-0.2, 0) is 21.2 Å². The van der Waals surface area contributed by atoms with Gasteiger partial charge in [0.15, 0.2) is 0 Å². The van der Waals surface area contributed by atoms with E-state index in [1.165, 1.54) is 22.5 Å². The zero-order valence-corrected chi connectivity index (χ0v) is 12.7. The maximum atomic E-state index is 13.4. The van der Waals surface area contributed by atoms with Crippen molar-refractivity contribution in [1.29, 1.82) is 0 Å². The van der Waals surface area contributed by atoms with E-state index in [1.54, 1.807) is 12.1 Å².